The molecule has 250 valence electrons. The molecule has 6 aromatic rings. The van der Waals surface area contributed by atoms with E-state index in [-0.39, 0.29) is 13.0 Å². The molecule has 0 bridgehead atoms. The molecule has 0 saturated heterocycles. The van der Waals surface area contributed by atoms with Crippen LogP contribution in [0.15, 0.2) is 91.1 Å². The molecule has 11 heteroatoms. The summed E-state index contributed by atoms with van der Waals surface area (Å²) in [7, 11) is 1.16. The van der Waals surface area contributed by atoms with Crippen molar-refractivity contribution in [1.82, 2.24) is 19.5 Å². The number of ether oxygens (including phenoxy) is 2. The normalized spacial score (nSPS) is 14.4. The summed E-state index contributed by atoms with van der Waals surface area (Å²) < 4.78 is 53.8. The first-order valence-electron chi connectivity index (χ1n) is 16.0. The van der Waals surface area contributed by atoms with Crippen molar-refractivity contribution in [2.24, 2.45) is 5.41 Å². The number of para-hydroxylation sites is 1. The van der Waals surface area contributed by atoms with Crippen LogP contribution < -0.4 is 9.47 Å². The summed E-state index contributed by atoms with van der Waals surface area (Å²) in [6, 6.07) is 25.7. The van der Waals surface area contributed by atoms with Crippen LogP contribution in [0.25, 0.3) is 33.1 Å². The van der Waals surface area contributed by atoms with Crippen LogP contribution in [0, 0.1) is 5.41 Å². The van der Waals surface area contributed by atoms with E-state index in [9.17, 15) is 23.1 Å². The first kappa shape index (κ1) is 32.1. The van der Waals surface area contributed by atoms with Crippen LogP contribution in [0.3, 0.4) is 0 Å². The second-order valence-corrected chi connectivity index (χ2v) is 12.5. The van der Waals surface area contributed by atoms with E-state index in [1.165, 1.54) is 6.20 Å². The maximum Gasteiger partial charge on any atom is 0.421 e. The Labute approximate surface area is 280 Å². The Hall–Kier alpha value is -5.45. The molecule has 0 atom stereocenters. The van der Waals surface area contributed by atoms with Gasteiger partial charge in [0.15, 0.2) is 0 Å². The maximum absolute atomic E-state index is 13.6. The average Bonchev–Trinajstić information content (AvgIpc) is 3.72. The number of aromatic nitrogens is 4. The zero-order valence-corrected chi connectivity index (χ0v) is 26.7. The van der Waals surface area contributed by atoms with Gasteiger partial charge in [-0.1, -0.05) is 61.4 Å². The Bertz CT molecular complexity index is 2160. The van der Waals surface area contributed by atoms with Gasteiger partial charge in [-0.15, -0.1) is 0 Å². The van der Waals surface area contributed by atoms with Gasteiger partial charge in [0, 0.05) is 36.2 Å². The number of benzene rings is 3. The molecule has 49 heavy (non-hydrogen) atoms. The first-order valence-corrected chi connectivity index (χ1v) is 16.0. The number of halogens is 3. The molecule has 0 amide bonds. The lowest BCUT2D eigenvalue weighted by Gasteiger charge is -2.24. The quantitative estimate of drug-likeness (QED) is 0.157. The standard InChI is InChI=1S/C38H33F3N4O4/c1-48-35-30(38(39,40)41)18-27(21-42-35)25-10-8-24(9-11-25)22-45-33-15-14-29(49-23-28-13-12-26-6-2-3-7-31(26)43-28)19-32(33)44-34(45)20-37(36(46)47)16-4-5-17-37/h2-3,6-15,18-19,21H,4-5,16-17,20,22-23H2,1H3,(H,46,47). The number of imidazole rings is 1. The van der Waals surface area contributed by atoms with Gasteiger partial charge >= 0.3 is 12.1 Å². The van der Waals surface area contributed by atoms with Crippen molar-refractivity contribution in [2.75, 3.05) is 7.11 Å². The molecule has 1 N–H and O–H groups in total. The number of aliphatic carboxylic acids is 1. The van der Waals surface area contributed by atoms with E-state index in [0.717, 1.165) is 53.7 Å². The molecule has 3 aromatic heterocycles. The van der Waals surface area contributed by atoms with Gasteiger partial charge in [0.2, 0.25) is 5.88 Å². The second-order valence-electron chi connectivity index (χ2n) is 12.5. The number of hydrogen-bond acceptors (Lipinski definition) is 6. The van der Waals surface area contributed by atoms with Crippen molar-refractivity contribution in [1.29, 1.82) is 0 Å². The summed E-state index contributed by atoms with van der Waals surface area (Å²) in [5, 5.41) is 11.3. The van der Waals surface area contributed by atoms with E-state index in [2.05, 4.69) is 9.97 Å². The summed E-state index contributed by atoms with van der Waals surface area (Å²) in [6.45, 7) is 0.657. The van der Waals surface area contributed by atoms with Crippen LogP contribution in [0.1, 0.15) is 48.3 Å². The molecule has 0 spiro atoms. The van der Waals surface area contributed by atoms with Gasteiger partial charge in [0.1, 0.15) is 23.7 Å². The monoisotopic (exact) mass is 666 g/mol. The number of rotatable bonds is 10. The highest BCUT2D eigenvalue weighted by molar-refractivity contribution is 5.80. The largest absolute Gasteiger partial charge is 0.487 e. The topological polar surface area (TPSA) is 99.4 Å². The number of hydrogen-bond donors (Lipinski definition) is 1. The lowest BCUT2D eigenvalue weighted by Crippen LogP contribution is -2.31. The lowest BCUT2D eigenvalue weighted by molar-refractivity contribution is -0.148. The molecule has 0 radical (unpaired) electrons. The van der Waals surface area contributed by atoms with Gasteiger partial charge in [-0.2, -0.15) is 13.2 Å². The van der Waals surface area contributed by atoms with Crippen molar-refractivity contribution in [3.8, 4) is 22.8 Å². The molecule has 0 aliphatic heterocycles. The van der Waals surface area contributed by atoms with Gasteiger partial charge in [-0.3, -0.25) is 4.79 Å². The SMILES string of the molecule is COc1ncc(-c2ccc(Cn3c(CC4(C(=O)O)CCCC4)nc4cc(OCc5ccc6ccccc6n5)ccc43)cc2)cc1C(F)(F)F. The highest BCUT2D eigenvalue weighted by atomic mass is 19.4. The summed E-state index contributed by atoms with van der Waals surface area (Å²) in [6.07, 6.45) is -0.0995. The van der Waals surface area contributed by atoms with E-state index in [1.54, 1.807) is 12.1 Å². The molecule has 1 saturated carbocycles. The van der Waals surface area contributed by atoms with E-state index < -0.39 is 29.0 Å². The Kier molecular flexibility index (Phi) is 8.43. The predicted octanol–water partition coefficient (Wildman–Crippen LogP) is 8.49. The molecule has 1 aliphatic rings. The van der Waals surface area contributed by atoms with Gasteiger partial charge in [-0.25, -0.2) is 15.0 Å². The number of alkyl halides is 3. The summed E-state index contributed by atoms with van der Waals surface area (Å²) in [4.78, 5) is 26.0. The smallest absolute Gasteiger partial charge is 0.421 e. The zero-order valence-electron chi connectivity index (χ0n) is 26.7. The van der Waals surface area contributed by atoms with Crippen LogP contribution in [0.5, 0.6) is 11.6 Å². The fraction of sp³-hybridized carbons (Fsp3) is 0.263. The molecule has 8 nitrogen and oxygen atoms in total. The Morgan fingerprint density at radius 3 is 2.43 bits per heavy atom. The minimum Gasteiger partial charge on any atom is -0.487 e. The molecule has 3 heterocycles. The molecular formula is C38H33F3N4O4. The highest BCUT2D eigenvalue weighted by Crippen LogP contribution is 2.42. The van der Waals surface area contributed by atoms with Crippen LogP contribution in [0.2, 0.25) is 0 Å². The van der Waals surface area contributed by atoms with Crippen molar-refractivity contribution in [2.45, 2.75) is 51.4 Å². The molecule has 1 aliphatic carbocycles. The van der Waals surface area contributed by atoms with Crippen LogP contribution in [-0.2, 0) is 30.5 Å². The Morgan fingerprint density at radius 1 is 0.918 bits per heavy atom. The van der Waals surface area contributed by atoms with Crippen LogP contribution in [-0.4, -0.2) is 37.7 Å². The zero-order chi connectivity index (χ0) is 34.2. The molecule has 0 unspecified atom stereocenters. The van der Waals surface area contributed by atoms with E-state index >= 15 is 0 Å². The minimum atomic E-state index is -4.61. The van der Waals surface area contributed by atoms with Crippen molar-refractivity contribution in [3.63, 3.8) is 0 Å². The Morgan fingerprint density at radius 2 is 1.69 bits per heavy atom. The third-order valence-corrected chi connectivity index (χ3v) is 9.33. The molecule has 3 aromatic carbocycles. The minimum absolute atomic E-state index is 0.270. The fourth-order valence-corrected chi connectivity index (χ4v) is 6.69. The van der Waals surface area contributed by atoms with Gasteiger partial charge in [-0.05, 0) is 54.3 Å². The number of fused-ring (bicyclic) bond motifs is 2. The molecular weight excluding hydrogens is 633 g/mol. The molecule has 7 rings (SSSR count). The third kappa shape index (κ3) is 6.53. The van der Waals surface area contributed by atoms with Crippen molar-refractivity contribution < 1.29 is 32.5 Å². The number of carbonyl (C=O) groups is 1. The van der Waals surface area contributed by atoms with Gasteiger partial charge < -0.3 is 19.1 Å². The van der Waals surface area contributed by atoms with Crippen LogP contribution >= 0.6 is 0 Å². The summed E-state index contributed by atoms with van der Waals surface area (Å²) in [5.74, 6) is -0.0204. The van der Waals surface area contributed by atoms with E-state index in [1.807, 2.05) is 71.3 Å². The number of carboxylic acids is 1. The summed E-state index contributed by atoms with van der Waals surface area (Å²) in [5.41, 5.74) is 3.10. The maximum atomic E-state index is 13.6. The Balaban J connectivity index is 1.18. The van der Waals surface area contributed by atoms with Gasteiger partial charge in [0.25, 0.3) is 0 Å². The van der Waals surface area contributed by atoms with Crippen molar-refractivity contribution in [3.05, 3.63) is 114 Å². The van der Waals surface area contributed by atoms with Crippen molar-refractivity contribution >= 4 is 27.9 Å². The van der Waals surface area contributed by atoms with Gasteiger partial charge in [0.05, 0.1) is 34.8 Å². The number of carboxylic acid groups (broad SMARTS) is 1. The third-order valence-electron chi connectivity index (χ3n) is 9.33. The highest BCUT2D eigenvalue weighted by Gasteiger charge is 2.42. The fourth-order valence-electron chi connectivity index (χ4n) is 6.69. The lowest BCUT2D eigenvalue weighted by atomic mass is 9.82. The predicted molar refractivity (Wildman–Crippen MR) is 178 cm³/mol. The summed E-state index contributed by atoms with van der Waals surface area (Å²) >= 11 is 0. The first-order chi connectivity index (χ1) is 23.6. The number of nitrogens with zero attached hydrogens (tertiary/aromatic N) is 4. The average molecular weight is 667 g/mol. The van der Waals surface area contributed by atoms with Crippen LogP contribution in [0.4, 0.5) is 13.2 Å². The van der Waals surface area contributed by atoms with E-state index in [0.29, 0.717) is 47.6 Å². The second kappa shape index (κ2) is 12.9. The molecule has 1 fully saturated rings. The van der Waals surface area contributed by atoms with E-state index in [4.69, 9.17) is 14.5 Å². The number of methoxy groups -OCH3 is 1. The number of pyridine rings is 2.